The van der Waals surface area contributed by atoms with E-state index >= 15 is 0 Å². The first kappa shape index (κ1) is 15.6. The Morgan fingerprint density at radius 2 is 2.24 bits per heavy atom. The lowest BCUT2D eigenvalue weighted by Crippen LogP contribution is -1.97. The van der Waals surface area contributed by atoms with Crippen molar-refractivity contribution in [3.05, 3.63) is 39.0 Å². The zero-order valence-electron chi connectivity index (χ0n) is 11.2. The Morgan fingerprint density at radius 1 is 1.48 bits per heavy atom. The van der Waals surface area contributed by atoms with Crippen LogP contribution in [0.1, 0.15) is 11.5 Å². The lowest BCUT2D eigenvalue weighted by molar-refractivity contribution is -0.131. The maximum atomic E-state index is 11.3. The van der Waals surface area contributed by atoms with Gasteiger partial charge in [0.2, 0.25) is 5.89 Å². The predicted molar refractivity (Wildman–Crippen MR) is 81.2 cm³/mol. The normalized spacial score (nSPS) is 11.5. The Balaban J connectivity index is 2.29. The fourth-order valence-electron chi connectivity index (χ4n) is 1.47. The van der Waals surface area contributed by atoms with Crippen molar-refractivity contribution in [2.45, 2.75) is 12.1 Å². The molecule has 110 valence electrons. The summed E-state index contributed by atoms with van der Waals surface area (Å²) in [7, 11) is 1.56. The van der Waals surface area contributed by atoms with E-state index in [2.05, 4.69) is 26.1 Å². The molecule has 0 fully saturated rings. The van der Waals surface area contributed by atoms with Crippen molar-refractivity contribution in [2.75, 3.05) is 7.11 Å². The average molecular weight is 371 g/mol. The van der Waals surface area contributed by atoms with Crippen LogP contribution in [0, 0.1) is 6.92 Å². The molecule has 0 unspecified atom stereocenters. The van der Waals surface area contributed by atoms with Crippen molar-refractivity contribution in [1.82, 2.24) is 10.2 Å². The molecule has 0 amide bonds. The van der Waals surface area contributed by atoms with Gasteiger partial charge in [0.1, 0.15) is 10.7 Å². The van der Waals surface area contributed by atoms with Gasteiger partial charge in [-0.05, 0) is 51.5 Å². The van der Waals surface area contributed by atoms with Gasteiger partial charge in [0.25, 0.3) is 5.22 Å². The standard InChI is InChI=1S/C13H11BrN2O4S/c1-7-15-16-13(20-7)21-11(12(17)18)6-8-3-4-10(19-2)9(14)5-8/h3-6H,1-2H3,(H,17,18)/b11-6-. The van der Waals surface area contributed by atoms with Gasteiger partial charge in [-0.1, -0.05) is 6.07 Å². The number of aryl methyl sites for hydroxylation is 1. The van der Waals surface area contributed by atoms with E-state index in [1.165, 1.54) is 6.08 Å². The number of aliphatic carboxylic acids is 1. The summed E-state index contributed by atoms with van der Waals surface area (Å²) in [5.74, 6) is -0.0126. The van der Waals surface area contributed by atoms with Gasteiger partial charge in [-0.2, -0.15) is 0 Å². The number of hydrogen-bond donors (Lipinski definition) is 1. The molecule has 1 aromatic heterocycles. The van der Waals surface area contributed by atoms with Gasteiger partial charge in [0, 0.05) is 6.92 Å². The Morgan fingerprint density at radius 3 is 2.76 bits per heavy atom. The van der Waals surface area contributed by atoms with Crippen LogP contribution in [0.3, 0.4) is 0 Å². The van der Waals surface area contributed by atoms with Gasteiger partial charge in [0.05, 0.1) is 11.6 Å². The molecule has 21 heavy (non-hydrogen) atoms. The molecule has 1 heterocycles. The second-order valence-electron chi connectivity index (χ2n) is 3.90. The maximum Gasteiger partial charge on any atom is 0.342 e. The molecule has 2 rings (SSSR count). The van der Waals surface area contributed by atoms with Gasteiger partial charge < -0.3 is 14.3 Å². The van der Waals surface area contributed by atoms with Crippen LogP contribution in [0.5, 0.6) is 5.75 Å². The number of methoxy groups -OCH3 is 1. The molecule has 0 aliphatic rings. The Labute approximate surface area is 133 Å². The summed E-state index contributed by atoms with van der Waals surface area (Å²) in [5.41, 5.74) is 0.712. The van der Waals surface area contributed by atoms with Crippen molar-refractivity contribution in [3.8, 4) is 5.75 Å². The quantitative estimate of drug-likeness (QED) is 0.637. The molecule has 8 heteroatoms. The van der Waals surface area contributed by atoms with Crippen LogP contribution in [0.2, 0.25) is 0 Å². The predicted octanol–water partition coefficient (Wildman–Crippen LogP) is 3.37. The van der Waals surface area contributed by atoms with Crippen LogP contribution >= 0.6 is 27.7 Å². The third-order valence-corrected chi connectivity index (χ3v) is 3.86. The summed E-state index contributed by atoms with van der Waals surface area (Å²) in [6, 6.07) is 5.27. The fourth-order valence-corrected chi connectivity index (χ4v) is 2.75. The SMILES string of the molecule is COc1ccc(/C=C(\Sc2nnc(C)o2)C(=O)O)cc1Br. The summed E-state index contributed by atoms with van der Waals surface area (Å²) in [4.78, 5) is 11.4. The molecule has 0 bridgehead atoms. The smallest absolute Gasteiger partial charge is 0.342 e. The van der Waals surface area contributed by atoms with Crippen LogP contribution < -0.4 is 4.74 Å². The van der Waals surface area contributed by atoms with Crippen LogP contribution in [0.4, 0.5) is 0 Å². The molecule has 0 saturated heterocycles. The van der Waals surface area contributed by atoms with E-state index in [0.29, 0.717) is 17.2 Å². The molecule has 0 atom stereocenters. The number of nitrogens with zero attached hydrogens (tertiary/aromatic N) is 2. The number of rotatable bonds is 5. The zero-order chi connectivity index (χ0) is 15.4. The molecule has 0 radical (unpaired) electrons. The van der Waals surface area contributed by atoms with Crippen LogP contribution in [-0.4, -0.2) is 28.4 Å². The zero-order valence-corrected chi connectivity index (χ0v) is 13.6. The highest BCUT2D eigenvalue weighted by Crippen LogP contribution is 2.30. The summed E-state index contributed by atoms with van der Waals surface area (Å²) in [5, 5.41) is 16.9. The minimum atomic E-state index is -1.07. The molecule has 1 aromatic carbocycles. The number of aromatic nitrogens is 2. The summed E-state index contributed by atoms with van der Waals surface area (Å²) in [6.07, 6.45) is 1.52. The fraction of sp³-hybridized carbons (Fsp3) is 0.154. The minimum absolute atomic E-state index is 0.0794. The second kappa shape index (κ2) is 6.77. The van der Waals surface area contributed by atoms with Crippen molar-refractivity contribution in [2.24, 2.45) is 0 Å². The van der Waals surface area contributed by atoms with Crippen LogP contribution in [-0.2, 0) is 4.79 Å². The largest absolute Gasteiger partial charge is 0.496 e. The van der Waals surface area contributed by atoms with E-state index in [1.54, 1.807) is 32.2 Å². The average Bonchev–Trinajstić information content (AvgIpc) is 2.83. The number of benzene rings is 1. The second-order valence-corrected chi connectivity index (χ2v) is 5.74. The Bertz CT molecular complexity index is 699. The van der Waals surface area contributed by atoms with E-state index in [0.717, 1.165) is 16.2 Å². The highest BCUT2D eigenvalue weighted by atomic mass is 79.9. The third-order valence-electron chi connectivity index (χ3n) is 2.39. The van der Waals surface area contributed by atoms with Gasteiger partial charge in [-0.3, -0.25) is 0 Å². The maximum absolute atomic E-state index is 11.3. The number of halogens is 1. The number of carboxylic acids is 1. The number of ether oxygens (including phenoxy) is 1. The molecular formula is C13H11BrN2O4S. The Kier molecular flexibility index (Phi) is 5.03. The molecule has 0 aliphatic heterocycles. The lowest BCUT2D eigenvalue weighted by atomic mass is 10.2. The van der Waals surface area contributed by atoms with Crippen LogP contribution in [0.25, 0.3) is 6.08 Å². The highest BCUT2D eigenvalue weighted by Gasteiger charge is 2.14. The number of thioether (sulfide) groups is 1. The first-order valence-corrected chi connectivity index (χ1v) is 7.37. The Hall–Kier alpha value is -1.80. The van der Waals surface area contributed by atoms with Gasteiger partial charge >= 0.3 is 5.97 Å². The molecule has 2 aromatic rings. The molecule has 1 N–H and O–H groups in total. The minimum Gasteiger partial charge on any atom is -0.496 e. The molecular weight excluding hydrogens is 360 g/mol. The number of hydrogen-bond acceptors (Lipinski definition) is 6. The first-order valence-electron chi connectivity index (χ1n) is 5.76. The molecule has 6 nitrogen and oxygen atoms in total. The number of carbonyl (C=O) groups is 1. The molecule has 0 saturated carbocycles. The lowest BCUT2D eigenvalue weighted by Gasteiger charge is -2.04. The monoisotopic (exact) mass is 370 g/mol. The van der Waals surface area contributed by atoms with Gasteiger partial charge in [-0.15, -0.1) is 10.2 Å². The van der Waals surface area contributed by atoms with Crippen molar-refractivity contribution in [1.29, 1.82) is 0 Å². The molecule has 0 spiro atoms. The number of carboxylic acid groups (broad SMARTS) is 1. The van der Waals surface area contributed by atoms with Gasteiger partial charge in [-0.25, -0.2) is 4.79 Å². The summed E-state index contributed by atoms with van der Waals surface area (Å²) in [6.45, 7) is 1.64. The van der Waals surface area contributed by atoms with E-state index in [1.807, 2.05) is 0 Å². The summed E-state index contributed by atoms with van der Waals surface area (Å²) < 4.78 is 11.0. The molecule has 0 aliphatic carbocycles. The third kappa shape index (κ3) is 4.08. The van der Waals surface area contributed by atoms with E-state index in [4.69, 9.17) is 9.15 Å². The van der Waals surface area contributed by atoms with Crippen molar-refractivity contribution < 1.29 is 19.1 Å². The van der Waals surface area contributed by atoms with E-state index in [9.17, 15) is 9.90 Å². The highest BCUT2D eigenvalue weighted by molar-refractivity contribution is 9.10. The van der Waals surface area contributed by atoms with E-state index < -0.39 is 5.97 Å². The van der Waals surface area contributed by atoms with Gasteiger partial charge in [0.15, 0.2) is 0 Å². The van der Waals surface area contributed by atoms with Crippen molar-refractivity contribution in [3.63, 3.8) is 0 Å². The van der Waals surface area contributed by atoms with Crippen LogP contribution in [0.15, 0.2) is 37.2 Å². The van der Waals surface area contributed by atoms with Crippen molar-refractivity contribution >= 4 is 39.7 Å². The van der Waals surface area contributed by atoms with E-state index in [-0.39, 0.29) is 10.1 Å². The first-order chi connectivity index (χ1) is 9.99. The topological polar surface area (TPSA) is 85.5 Å². The summed E-state index contributed by atoms with van der Waals surface area (Å²) >= 11 is 4.26.